The fourth-order valence-corrected chi connectivity index (χ4v) is 4.22. The van der Waals surface area contributed by atoms with Crippen LogP contribution in [0.25, 0.3) is 10.3 Å². The lowest BCUT2D eigenvalue weighted by Crippen LogP contribution is -2.27. The highest BCUT2D eigenvalue weighted by atomic mass is 32.2. The first-order valence-corrected chi connectivity index (χ1v) is 9.92. The van der Waals surface area contributed by atoms with Crippen molar-refractivity contribution in [3.8, 4) is 5.75 Å². The molecule has 0 bridgehead atoms. The summed E-state index contributed by atoms with van der Waals surface area (Å²) in [5.41, 5.74) is 0.816. The summed E-state index contributed by atoms with van der Waals surface area (Å²) in [6, 6.07) is 7.07. The van der Waals surface area contributed by atoms with E-state index in [1.54, 1.807) is 36.0 Å². The summed E-state index contributed by atoms with van der Waals surface area (Å²) in [6.45, 7) is 4.41. The van der Waals surface area contributed by atoms with Crippen molar-refractivity contribution < 1.29 is 9.53 Å². The number of thiazole rings is 1. The van der Waals surface area contributed by atoms with E-state index in [1.165, 1.54) is 22.2 Å². The van der Waals surface area contributed by atoms with Crippen LogP contribution in [0.3, 0.4) is 0 Å². The normalized spacial score (nSPS) is 10.8. The number of ether oxygens (including phenoxy) is 1. The summed E-state index contributed by atoms with van der Waals surface area (Å²) in [5.74, 6) is 1.31. The Kier molecular flexibility index (Phi) is 5.89. The summed E-state index contributed by atoms with van der Waals surface area (Å²) in [5, 5.41) is 2.76. The highest BCUT2D eigenvalue weighted by molar-refractivity contribution is 8.01. The van der Waals surface area contributed by atoms with Crippen molar-refractivity contribution in [3.05, 3.63) is 40.9 Å². The summed E-state index contributed by atoms with van der Waals surface area (Å²) < 4.78 is 7.94. The molecule has 2 aromatic heterocycles. The highest BCUT2D eigenvalue weighted by Gasteiger charge is 2.13. The molecular formula is C17H18N4O3S2. The third-order valence-corrected chi connectivity index (χ3v) is 5.45. The molecule has 0 unspecified atom stereocenters. The monoisotopic (exact) mass is 390 g/mol. The lowest BCUT2D eigenvalue weighted by molar-refractivity contribution is -0.116. The Balaban J connectivity index is 1.72. The van der Waals surface area contributed by atoms with E-state index < -0.39 is 0 Å². The number of fused-ring (bicyclic) bond motifs is 1. The molecule has 3 rings (SSSR count). The molecule has 1 amide bonds. The smallest absolute Gasteiger partial charge is 0.273 e. The van der Waals surface area contributed by atoms with Gasteiger partial charge in [-0.1, -0.05) is 18.7 Å². The molecule has 9 heteroatoms. The molecule has 26 heavy (non-hydrogen) atoms. The second-order valence-corrected chi connectivity index (χ2v) is 7.76. The van der Waals surface area contributed by atoms with Gasteiger partial charge in [0, 0.05) is 5.69 Å². The molecule has 0 saturated heterocycles. The molecule has 0 aliphatic rings. The number of benzene rings is 1. The Bertz CT molecular complexity index is 966. The Labute approximate surface area is 158 Å². The number of nitrogens with zero attached hydrogens (tertiary/aromatic N) is 3. The number of anilines is 1. The topological polar surface area (TPSA) is 86.1 Å². The van der Waals surface area contributed by atoms with Crippen LogP contribution in [0.15, 0.2) is 39.7 Å². The van der Waals surface area contributed by atoms with Crippen LogP contribution in [-0.4, -0.2) is 32.8 Å². The number of amides is 1. The fraction of sp³-hybridized carbons (Fsp3) is 0.294. The molecular weight excluding hydrogens is 372 g/mol. The number of hydrogen-bond acceptors (Lipinski definition) is 7. The number of nitrogens with one attached hydrogen (secondary N) is 1. The van der Waals surface area contributed by atoms with Crippen LogP contribution in [0.5, 0.6) is 5.75 Å². The minimum Gasteiger partial charge on any atom is -0.494 e. The van der Waals surface area contributed by atoms with E-state index in [0.29, 0.717) is 22.6 Å². The van der Waals surface area contributed by atoms with Crippen molar-refractivity contribution in [2.45, 2.75) is 24.7 Å². The number of aromatic nitrogens is 3. The van der Waals surface area contributed by atoms with E-state index in [-0.39, 0.29) is 18.0 Å². The van der Waals surface area contributed by atoms with Gasteiger partial charge in [-0.25, -0.2) is 9.97 Å². The first kappa shape index (κ1) is 18.4. The zero-order valence-corrected chi connectivity index (χ0v) is 16.0. The zero-order valence-electron chi connectivity index (χ0n) is 14.4. The highest BCUT2D eigenvalue weighted by Crippen LogP contribution is 2.26. The SMILES string of the molecule is CCOc1ccc(NC(=O)Cn2cnc3nc(SCC)sc3c2=O)cc1. The molecule has 0 aliphatic carbocycles. The van der Waals surface area contributed by atoms with Crippen LogP contribution < -0.4 is 15.6 Å². The predicted octanol–water partition coefficient (Wildman–Crippen LogP) is 3.00. The van der Waals surface area contributed by atoms with E-state index in [9.17, 15) is 9.59 Å². The Morgan fingerprint density at radius 3 is 2.77 bits per heavy atom. The van der Waals surface area contributed by atoms with Crippen molar-refractivity contribution in [2.24, 2.45) is 0 Å². The standard InChI is InChI=1S/C17H18N4O3S2/c1-3-24-12-7-5-11(6-8-12)19-13(22)9-21-10-18-15-14(16(21)23)26-17(20-15)25-4-2/h5-8,10H,3-4,9H2,1-2H3,(H,19,22). The minimum atomic E-state index is -0.301. The molecule has 2 heterocycles. The molecule has 3 aromatic rings. The number of carbonyl (C=O) groups excluding carboxylic acids is 1. The van der Waals surface area contributed by atoms with Gasteiger partial charge in [0.05, 0.1) is 6.61 Å². The van der Waals surface area contributed by atoms with Gasteiger partial charge in [0.2, 0.25) is 5.91 Å². The summed E-state index contributed by atoms with van der Waals surface area (Å²) in [6.07, 6.45) is 1.36. The molecule has 0 saturated carbocycles. The fourth-order valence-electron chi connectivity index (χ4n) is 2.28. The molecule has 0 fully saturated rings. The second-order valence-electron chi connectivity index (χ2n) is 5.25. The Morgan fingerprint density at radius 2 is 2.08 bits per heavy atom. The van der Waals surface area contributed by atoms with Gasteiger partial charge >= 0.3 is 0 Å². The molecule has 0 spiro atoms. The van der Waals surface area contributed by atoms with Crippen LogP contribution >= 0.6 is 23.1 Å². The van der Waals surface area contributed by atoms with Crippen LogP contribution in [0.4, 0.5) is 5.69 Å². The zero-order chi connectivity index (χ0) is 18.5. The third kappa shape index (κ3) is 4.23. The van der Waals surface area contributed by atoms with Gasteiger partial charge in [-0.2, -0.15) is 0 Å². The van der Waals surface area contributed by atoms with Gasteiger partial charge in [0.15, 0.2) is 9.99 Å². The lowest BCUT2D eigenvalue weighted by atomic mass is 10.3. The molecule has 1 N–H and O–H groups in total. The van der Waals surface area contributed by atoms with E-state index in [0.717, 1.165) is 15.8 Å². The van der Waals surface area contributed by atoms with Crippen molar-refractivity contribution >= 4 is 45.0 Å². The van der Waals surface area contributed by atoms with Gasteiger partial charge in [0.1, 0.15) is 23.3 Å². The first-order chi connectivity index (χ1) is 12.6. The van der Waals surface area contributed by atoms with Crippen molar-refractivity contribution in [1.82, 2.24) is 14.5 Å². The number of rotatable bonds is 7. The van der Waals surface area contributed by atoms with Crippen LogP contribution in [0.2, 0.25) is 0 Å². The molecule has 0 aliphatic heterocycles. The van der Waals surface area contributed by atoms with E-state index in [2.05, 4.69) is 15.3 Å². The first-order valence-electron chi connectivity index (χ1n) is 8.12. The van der Waals surface area contributed by atoms with Crippen LogP contribution in [0.1, 0.15) is 13.8 Å². The average molecular weight is 390 g/mol. The van der Waals surface area contributed by atoms with Crippen molar-refractivity contribution in [1.29, 1.82) is 0 Å². The largest absolute Gasteiger partial charge is 0.494 e. The van der Waals surface area contributed by atoms with Crippen LogP contribution in [0, 0.1) is 0 Å². The predicted molar refractivity (Wildman–Crippen MR) is 104 cm³/mol. The van der Waals surface area contributed by atoms with Gasteiger partial charge in [-0.15, -0.1) is 11.3 Å². The second kappa shape index (κ2) is 8.33. The summed E-state index contributed by atoms with van der Waals surface area (Å²) in [7, 11) is 0. The Morgan fingerprint density at radius 1 is 1.31 bits per heavy atom. The molecule has 0 radical (unpaired) electrons. The molecule has 0 atom stereocenters. The van der Waals surface area contributed by atoms with Gasteiger partial charge in [-0.05, 0) is 36.9 Å². The molecule has 136 valence electrons. The van der Waals surface area contributed by atoms with Crippen molar-refractivity contribution in [3.63, 3.8) is 0 Å². The molecule has 1 aromatic carbocycles. The van der Waals surface area contributed by atoms with Crippen LogP contribution in [-0.2, 0) is 11.3 Å². The average Bonchev–Trinajstić information content (AvgIpc) is 3.03. The number of carbonyl (C=O) groups is 1. The van der Waals surface area contributed by atoms with E-state index in [1.807, 2.05) is 13.8 Å². The third-order valence-electron chi connectivity index (χ3n) is 3.40. The quantitative estimate of drug-likeness (QED) is 0.624. The van der Waals surface area contributed by atoms with Gasteiger partial charge in [-0.3, -0.25) is 14.2 Å². The maximum absolute atomic E-state index is 12.5. The number of thioether (sulfide) groups is 1. The Hall–Kier alpha value is -2.39. The van der Waals surface area contributed by atoms with Crippen molar-refractivity contribution in [2.75, 3.05) is 17.7 Å². The lowest BCUT2D eigenvalue weighted by Gasteiger charge is -2.08. The summed E-state index contributed by atoms with van der Waals surface area (Å²) >= 11 is 2.88. The van der Waals surface area contributed by atoms with E-state index >= 15 is 0 Å². The van der Waals surface area contributed by atoms with E-state index in [4.69, 9.17) is 4.74 Å². The minimum absolute atomic E-state index is 0.108. The number of hydrogen-bond donors (Lipinski definition) is 1. The summed E-state index contributed by atoms with van der Waals surface area (Å²) in [4.78, 5) is 33.3. The maximum Gasteiger partial charge on any atom is 0.273 e. The van der Waals surface area contributed by atoms with Gasteiger partial charge in [0.25, 0.3) is 5.56 Å². The maximum atomic E-state index is 12.5. The molecule has 7 nitrogen and oxygen atoms in total. The van der Waals surface area contributed by atoms with Gasteiger partial charge < -0.3 is 10.1 Å².